The Hall–Kier alpha value is -2.03. The van der Waals surface area contributed by atoms with E-state index >= 15 is 0 Å². The third-order valence-corrected chi connectivity index (χ3v) is 2.54. The lowest BCUT2D eigenvalue weighted by molar-refractivity contribution is 0.415. The number of rotatable bonds is 2. The first kappa shape index (κ1) is 10.5. The van der Waals surface area contributed by atoms with Gasteiger partial charge in [0.05, 0.1) is 24.7 Å². The third kappa shape index (κ3) is 1.98. The van der Waals surface area contributed by atoms with Crippen LogP contribution < -0.4 is 10.5 Å². The first-order valence-corrected chi connectivity index (χ1v) is 5.07. The van der Waals surface area contributed by atoms with Gasteiger partial charge in [0, 0.05) is 5.56 Å². The molecule has 0 saturated heterocycles. The Morgan fingerprint density at radius 1 is 1.19 bits per heavy atom. The molecule has 0 aliphatic carbocycles. The molecule has 3 heteroatoms. The molecule has 0 unspecified atom stereocenters. The lowest BCUT2D eigenvalue weighted by atomic mass is 10.1. The summed E-state index contributed by atoms with van der Waals surface area (Å²) < 4.78 is 5.11. The molecule has 2 aromatic rings. The molecular formula is C13H14N2O. The van der Waals surface area contributed by atoms with E-state index in [1.807, 2.05) is 37.3 Å². The van der Waals surface area contributed by atoms with E-state index in [0.29, 0.717) is 0 Å². The molecule has 0 amide bonds. The van der Waals surface area contributed by atoms with Crippen LogP contribution in [0.1, 0.15) is 5.56 Å². The number of hydrogen-bond donors (Lipinski definition) is 1. The van der Waals surface area contributed by atoms with Gasteiger partial charge in [-0.15, -0.1) is 0 Å². The lowest BCUT2D eigenvalue weighted by Crippen LogP contribution is -1.92. The van der Waals surface area contributed by atoms with E-state index in [1.165, 1.54) is 0 Å². The van der Waals surface area contributed by atoms with Crippen LogP contribution >= 0.6 is 0 Å². The fraction of sp³-hybridized carbons (Fsp3) is 0.154. The van der Waals surface area contributed by atoms with Crippen molar-refractivity contribution in [2.24, 2.45) is 0 Å². The second-order valence-electron chi connectivity index (χ2n) is 3.65. The highest BCUT2D eigenvalue weighted by atomic mass is 16.5. The van der Waals surface area contributed by atoms with Crippen LogP contribution in [-0.4, -0.2) is 12.1 Å². The summed E-state index contributed by atoms with van der Waals surface area (Å²) >= 11 is 0. The van der Waals surface area contributed by atoms with Crippen LogP contribution in [0.2, 0.25) is 0 Å². The predicted molar refractivity (Wildman–Crippen MR) is 65.4 cm³/mol. The maximum atomic E-state index is 5.73. The molecule has 1 aromatic carbocycles. The number of anilines is 1. The normalized spacial score (nSPS) is 10.1. The van der Waals surface area contributed by atoms with Gasteiger partial charge in [-0.05, 0) is 42.8 Å². The molecule has 82 valence electrons. The number of benzene rings is 1. The highest BCUT2D eigenvalue weighted by Crippen LogP contribution is 2.22. The standard InChI is InChI=1S/C13H14N2O/c1-9-7-13(15-8-12(9)14)10-3-5-11(16-2)6-4-10/h3-8H,14H2,1-2H3. The zero-order chi connectivity index (χ0) is 11.5. The summed E-state index contributed by atoms with van der Waals surface area (Å²) in [5.74, 6) is 0.843. The van der Waals surface area contributed by atoms with E-state index in [0.717, 1.165) is 28.3 Å². The highest BCUT2D eigenvalue weighted by Gasteiger charge is 2.01. The third-order valence-electron chi connectivity index (χ3n) is 2.54. The minimum Gasteiger partial charge on any atom is -0.497 e. The zero-order valence-electron chi connectivity index (χ0n) is 9.40. The quantitative estimate of drug-likeness (QED) is 0.836. The summed E-state index contributed by atoms with van der Waals surface area (Å²) in [5.41, 5.74) is 9.48. The summed E-state index contributed by atoms with van der Waals surface area (Å²) in [7, 11) is 1.65. The van der Waals surface area contributed by atoms with Crippen molar-refractivity contribution in [3.05, 3.63) is 42.1 Å². The van der Waals surface area contributed by atoms with E-state index < -0.39 is 0 Å². The van der Waals surface area contributed by atoms with Crippen LogP contribution in [0.4, 0.5) is 5.69 Å². The number of hydrogen-bond acceptors (Lipinski definition) is 3. The topological polar surface area (TPSA) is 48.1 Å². The van der Waals surface area contributed by atoms with Crippen LogP contribution in [0.3, 0.4) is 0 Å². The molecule has 1 heterocycles. The first-order valence-electron chi connectivity index (χ1n) is 5.07. The van der Waals surface area contributed by atoms with Crippen LogP contribution in [0.15, 0.2) is 36.5 Å². The molecule has 0 spiro atoms. The SMILES string of the molecule is COc1ccc(-c2cc(C)c(N)cn2)cc1. The van der Waals surface area contributed by atoms with Gasteiger partial charge in [0.15, 0.2) is 0 Å². The van der Waals surface area contributed by atoms with Crippen LogP contribution in [-0.2, 0) is 0 Å². The minimum absolute atomic E-state index is 0.720. The largest absolute Gasteiger partial charge is 0.497 e. The number of nitrogens with two attached hydrogens (primary N) is 1. The Balaban J connectivity index is 2.38. The maximum Gasteiger partial charge on any atom is 0.118 e. The van der Waals surface area contributed by atoms with E-state index in [-0.39, 0.29) is 0 Å². The Kier molecular flexibility index (Phi) is 2.77. The van der Waals surface area contributed by atoms with Crippen molar-refractivity contribution in [2.45, 2.75) is 6.92 Å². The second-order valence-corrected chi connectivity index (χ2v) is 3.65. The molecule has 2 rings (SSSR count). The molecule has 0 fully saturated rings. The van der Waals surface area contributed by atoms with Crippen molar-refractivity contribution in [3.8, 4) is 17.0 Å². The molecule has 0 bridgehead atoms. The van der Waals surface area contributed by atoms with Crippen LogP contribution in [0.5, 0.6) is 5.75 Å². The van der Waals surface area contributed by atoms with E-state index in [4.69, 9.17) is 10.5 Å². The molecule has 0 radical (unpaired) electrons. The van der Waals surface area contributed by atoms with Crippen molar-refractivity contribution in [2.75, 3.05) is 12.8 Å². The summed E-state index contributed by atoms with van der Waals surface area (Å²) in [5, 5.41) is 0. The zero-order valence-corrected chi connectivity index (χ0v) is 9.40. The molecule has 0 atom stereocenters. The van der Waals surface area contributed by atoms with E-state index in [9.17, 15) is 0 Å². The van der Waals surface area contributed by atoms with Gasteiger partial charge >= 0.3 is 0 Å². The van der Waals surface area contributed by atoms with Gasteiger partial charge in [0.25, 0.3) is 0 Å². The molecule has 3 nitrogen and oxygen atoms in total. The minimum atomic E-state index is 0.720. The summed E-state index contributed by atoms with van der Waals surface area (Å²) in [6.45, 7) is 1.98. The van der Waals surface area contributed by atoms with Gasteiger partial charge in [0.1, 0.15) is 5.75 Å². The Morgan fingerprint density at radius 3 is 2.44 bits per heavy atom. The number of aromatic nitrogens is 1. The lowest BCUT2D eigenvalue weighted by Gasteiger charge is -2.05. The number of ether oxygens (including phenoxy) is 1. The van der Waals surface area contributed by atoms with Crippen LogP contribution in [0.25, 0.3) is 11.3 Å². The van der Waals surface area contributed by atoms with Crippen LogP contribution in [0, 0.1) is 6.92 Å². The van der Waals surface area contributed by atoms with E-state index in [2.05, 4.69) is 4.98 Å². The number of nitrogens with zero attached hydrogens (tertiary/aromatic N) is 1. The number of nitrogen functional groups attached to an aromatic ring is 1. The smallest absolute Gasteiger partial charge is 0.118 e. The molecule has 1 aromatic heterocycles. The molecule has 0 saturated carbocycles. The van der Waals surface area contributed by atoms with Gasteiger partial charge in [-0.2, -0.15) is 0 Å². The Bertz CT molecular complexity index is 492. The Labute approximate surface area is 94.9 Å². The molecular weight excluding hydrogens is 200 g/mol. The number of methoxy groups -OCH3 is 1. The fourth-order valence-electron chi connectivity index (χ4n) is 1.49. The molecule has 0 aliphatic heterocycles. The van der Waals surface area contributed by atoms with Crippen molar-refractivity contribution < 1.29 is 4.74 Å². The van der Waals surface area contributed by atoms with Gasteiger partial charge in [0.2, 0.25) is 0 Å². The highest BCUT2D eigenvalue weighted by molar-refractivity contribution is 5.63. The van der Waals surface area contributed by atoms with Gasteiger partial charge in [-0.3, -0.25) is 4.98 Å². The fourth-order valence-corrected chi connectivity index (χ4v) is 1.49. The van der Waals surface area contributed by atoms with E-state index in [1.54, 1.807) is 13.3 Å². The number of aryl methyl sites for hydroxylation is 1. The van der Waals surface area contributed by atoms with Crippen molar-refractivity contribution in [1.29, 1.82) is 0 Å². The second kappa shape index (κ2) is 4.23. The molecule has 2 N–H and O–H groups in total. The van der Waals surface area contributed by atoms with Crippen molar-refractivity contribution in [1.82, 2.24) is 4.98 Å². The summed E-state index contributed by atoms with van der Waals surface area (Å²) in [4.78, 5) is 4.30. The molecule has 0 aliphatic rings. The number of pyridine rings is 1. The average Bonchev–Trinajstić information content (AvgIpc) is 2.33. The van der Waals surface area contributed by atoms with Crippen molar-refractivity contribution >= 4 is 5.69 Å². The monoisotopic (exact) mass is 214 g/mol. The maximum absolute atomic E-state index is 5.73. The van der Waals surface area contributed by atoms with Crippen molar-refractivity contribution in [3.63, 3.8) is 0 Å². The Morgan fingerprint density at radius 2 is 1.88 bits per heavy atom. The first-order chi connectivity index (χ1) is 7.70. The average molecular weight is 214 g/mol. The summed E-state index contributed by atoms with van der Waals surface area (Å²) in [6, 6.07) is 9.79. The van der Waals surface area contributed by atoms with Gasteiger partial charge < -0.3 is 10.5 Å². The molecule has 16 heavy (non-hydrogen) atoms. The summed E-state index contributed by atoms with van der Waals surface area (Å²) in [6.07, 6.45) is 1.69. The van der Waals surface area contributed by atoms with Gasteiger partial charge in [-0.25, -0.2) is 0 Å². The predicted octanol–water partition coefficient (Wildman–Crippen LogP) is 2.65. The van der Waals surface area contributed by atoms with Gasteiger partial charge in [-0.1, -0.05) is 0 Å².